The van der Waals surface area contributed by atoms with E-state index in [2.05, 4.69) is 0 Å². The zero-order valence-electron chi connectivity index (χ0n) is 6.40. The van der Waals surface area contributed by atoms with Gasteiger partial charge >= 0.3 is 0 Å². The highest BCUT2D eigenvalue weighted by molar-refractivity contribution is 8.05. The lowest BCUT2D eigenvalue weighted by molar-refractivity contribution is 0.282. The summed E-state index contributed by atoms with van der Waals surface area (Å²) in [7, 11) is 0. The molecule has 0 aromatic rings. The molecule has 1 atom stereocenters. The number of rotatable bonds is 5. The second-order valence-electron chi connectivity index (χ2n) is 1.98. The average Bonchev–Trinajstić information content (AvgIpc) is 2.59. The molecule has 0 radical (unpaired) electrons. The van der Waals surface area contributed by atoms with Crippen molar-refractivity contribution in [2.45, 2.75) is 5.37 Å². The molecule has 0 spiro atoms. The first-order valence-corrected chi connectivity index (χ1v) is 6.56. The van der Waals surface area contributed by atoms with Crippen molar-refractivity contribution >= 4 is 61.1 Å². The van der Waals surface area contributed by atoms with Crippen molar-refractivity contribution in [3.63, 3.8) is 0 Å². The molecule has 0 amide bonds. The molecule has 0 saturated heterocycles. The quantitative estimate of drug-likeness (QED) is 0.516. The van der Waals surface area contributed by atoms with Gasteiger partial charge in [-0.15, -0.1) is 12.2 Å². The Morgan fingerprint density at radius 2 is 1.60 bits per heavy atom. The minimum atomic E-state index is -1.43. The summed E-state index contributed by atoms with van der Waals surface area (Å²) in [6, 6.07) is 0. The van der Waals surface area contributed by atoms with Gasteiger partial charge in [0.1, 0.15) is 17.2 Å². The van der Waals surface area contributed by atoms with Crippen LogP contribution < -0.4 is 0 Å². The Balaban J connectivity index is 3.02. The number of hydrogen-bond acceptors (Lipinski definition) is 7. The fourth-order valence-electron chi connectivity index (χ4n) is 0.824. The van der Waals surface area contributed by atoms with Gasteiger partial charge in [0.15, 0.2) is 30.0 Å². The van der Waals surface area contributed by atoms with Crippen LogP contribution in [0.5, 0.6) is 0 Å². The van der Waals surface area contributed by atoms with Gasteiger partial charge in [-0.1, -0.05) is 0 Å². The molecule has 12 heteroatoms. The van der Waals surface area contributed by atoms with Crippen LogP contribution >= 0.6 is 61.1 Å². The van der Waals surface area contributed by atoms with E-state index in [1.165, 1.54) is 0 Å². The molecule has 1 rings (SSSR count). The molecule has 0 aliphatic carbocycles. The smallest absolute Gasteiger partial charge is 0.183 e. The molecule has 1 unspecified atom stereocenters. The SMILES string of the molecule is FSC1=C(SF)N(SF)N(SF)C1SF. The second-order valence-corrected chi connectivity index (χ2v) is 4.73. The first kappa shape index (κ1) is 14.0. The number of hydrogen-bond donors (Lipinski definition) is 0. The van der Waals surface area contributed by atoms with Crippen LogP contribution in [-0.4, -0.2) is 14.2 Å². The van der Waals surface area contributed by atoms with Crippen LogP contribution in [0.2, 0.25) is 0 Å². The highest BCUT2D eigenvalue weighted by Crippen LogP contribution is 2.52. The second kappa shape index (κ2) is 6.59. The van der Waals surface area contributed by atoms with Crippen molar-refractivity contribution in [3.8, 4) is 0 Å². The van der Waals surface area contributed by atoms with Crippen LogP contribution in [0.15, 0.2) is 9.93 Å². The van der Waals surface area contributed by atoms with Crippen LogP contribution in [0.1, 0.15) is 0 Å². The molecule has 88 valence electrons. The fraction of sp³-hybridized carbons (Fsp3) is 0.333. The molecule has 2 nitrogen and oxygen atoms in total. The number of hydrazine groups is 1. The molecule has 1 heterocycles. The largest absolute Gasteiger partial charge is 0.195 e. The number of halogens is 5. The minimum Gasteiger partial charge on any atom is -0.195 e. The first-order chi connectivity index (χ1) is 7.24. The van der Waals surface area contributed by atoms with Crippen LogP contribution in [0, 0.1) is 0 Å². The minimum absolute atomic E-state index is 0.397. The van der Waals surface area contributed by atoms with Crippen molar-refractivity contribution in [3.05, 3.63) is 9.93 Å². The maximum Gasteiger partial charge on any atom is 0.183 e. The zero-order valence-corrected chi connectivity index (χ0v) is 10.5. The standard InChI is InChI=1S/C3HF5N2S5/c4-11-1-2(12-5)9(14-7)10(15-8)3(1)13-6/h2H. The molecule has 1 aliphatic heterocycles. The van der Waals surface area contributed by atoms with E-state index in [0.717, 1.165) is 0 Å². The third-order valence-corrected chi connectivity index (χ3v) is 4.73. The summed E-state index contributed by atoms with van der Waals surface area (Å²) in [5.74, 6) is 0. The molecule has 0 bridgehead atoms. The van der Waals surface area contributed by atoms with E-state index in [0.29, 0.717) is 8.83 Å². The predicted octanol–water partition coefficient (Wildman–Crippen LogP) is 4.93. The van der Waals surface area contributed by atoms with E-state index >= 15 is 0 Å². The average molecular weight is 320 g/mol. The highest BCUT2D eigenvalue weighted by atomic mass is 32.2. The molecule has 0 N–H and O–H groups in total. The Labute approximate surface area is 104 Å². The van der Waals surface area contributed by atoms with Crippen molar-refractivity contribution in [2.75, 3.05) is 0 Å². The third-order valence-electron chi connectivity index (χ3n) is 1.37. The lowest BCUT2D eigenvalue weighted by Gasteiger charge is -2.23. The Morgan fingerprint density at radius 3 is 1.93 bits per heavy atom. The Hall–Kier alpha value is 0.900. The van der Waals surface area contributed by atoms with Crippen LogP contribution in [0.3, 0.4) is 0 Å². The summed E-state index contributed by atoms with van der Waals surface area (Å²) in [5.41, 5.74) is 0. The lowest BCUT2D eigenvalue weighted by atomic mass is 10.6. The normalized spacial score (nSPS) is 23.0. The molecule has 0 aromatic heterocycles. The molecule has 0 saturated carbocycles. The lowest BCUT2D eigenvalue weighted by Crippen LogP contribution is -2.28. The zero-order chi connectivity index (χ0) is 11.4. The summed E-state index contributed by atoms with van der Waals surface area (Å²) in [6.45, 7) is 0. The number of nitrogens with zero attached hydrogens (tertiary/aromatic N) is 2. The third kappa shape index (κ3) is 2.60. The summed E-state index contributed by atoms with van der Waals surface area (Å²) in [5, 5.41) is -1.95. The van der Waals surface area contributed by atoms with Gasteiger partial charge in [0.2, 0.25) is 0 Å². The van der Waals surface area contributed by atoms with Gasteiger partial charge in [-0.05, 0) is 0 Å². The van der Waals surface area contributed by atoms with Gasteiger partial charge in [-0.25, -0.2) is 0 Å². The van der Waals surface area contributed by atoms with E-state index in [9.17, 15) is 19.4 Å². The maximum absolute atomic E-state index is 12.4. The van der Waals surface area contributed by atoms with Crippen molar-refractivity contribution < 1.29 is 19.4 Å². The summed E-state index contributed by atoms with van der Waals surface area (Å²) in [6.07, 6.45) is 0. The van der Waals surface area contributed by atoms with E-state index in [4.69, 9.17) is 0 Å². The summed E-state index contributed by atoms with van der Waals surface area (Å²) >= 11 is -2.42. The van der Waals surface area contributed by atoms with Gasteiger partial charge in [0.05, 0.1) is 29.2 Å². The van der Waals surface area contributed by atoms with Crippen LogP contribution in [0.25, 0.3) is 0 Å². The topological polar surface area (TPSA) is 6.48 Å². The van der Waals surface area contributed by atoms with Gasteiger partial charge in [0.25, 0.3) is 0 Å². The van der Waals surface area contributed by atoms with E-state index < -0.39 is 76.4 Å². The Bertz CT molecular complexity index is 231. The van der Waals surface area contributed by atoms with Gasteiger partial charge < -0.3 is 0 Å². The fourth-order valence-corrected chi connectivity index (χ4v) is 3.71. The first-order valence-electron chi connectivity index (χ1n) is 3.00. The molecular weight excluding hydrogens is 319 g/mol. The molecule has 0 fully saturated rings. The van der Waals surface area contributed by atoms with Crippen molar-refractivity contribution in [1.29, 1.82) is 0 Å². The molecule has 15 heavy (non-hydrogen) atoms. The predicted molar refractivity (Wildman–Crippen MR) is 58.0 cm³/mol. The highest BCUT2D eigenvalue weighted by Gasteiger charge is 2.44. The van der Waals surface area contributed by atoms with Crippen LogP contribution in [-0.2, 0) is 0 Å². The summed E-state index contributed by atoms with van der Waals surface area (Å²) in [4.78, 5) is -0.426. The van der Waals surface area contributed by atoms with Gasteiger partial charge in [-0.3, -0.25) is 0 Å². The van der Waals surface area contributed by atoms with Gasteiger partial charge in [-0.2, -0.15) is 16.1 Å². The molecule has 0 aromatic carbocycles. The van der Waals surface area contributed by atoms with Crippen molar-refractivity contribution in [1.82, 2.24) is 8.83 Å². The Kier molecular flexibility index (Phi) is 6.13. The summed E-state index contributed by atoms with van der Waals surface area (Å²) < 4.78 is 62.6. The monoisotopic (exact) mass is 320 g/mol. The van der Waals surface area contributed by atoms with E-state index in [1.54, 1.807) is 0 Å². The van der Waals surface area contributed by atoms with E-state index in [-0.39, 0.29) is 0 Å². The molecular formula is C3HF5N2S5. The Morgan fingerprint density at radius 1 is 0.933 bits per heavy atom. The maximum atomic E-state index is 12.4. The van der Waals surface area contributed by atoms with Crippen LogP contribution in [0.4, 0.5) is 19.4 Å². The van der Waals surface area contributed by atoms with Gasteiger partial charge in [0, 0.05) is 0 Å². The van der Waals surface area contributed by atoms with Crippen molar-refractivity contribution in [2.24, 2.45) is 0 Å². The molecule has 1 aliphatic rings. The van der Waals surface area contributed by atoms with E-state index in [1.807, 2.05) is 0 Å².